The van der Waals surface area contributed by atoms with E-state index in [1.165, 1.54) is 6.33 Å². The average Bonchev–Trinajstić information content (AvgIpc) is 2.70. The fraction of sp³-hybridized carbons (Fsp3) is 0. The second-order valence-electron chi connectivity index (χ2n) is 5.46. The summed E-state index contributed by atoms with van der Waals surface area (Å²) in [5.41, 5.74) is 3.39. The summed E-state index contributed by atoms with van der Waals surface area (Å²) in [6.07, 6.45) is 6.61. The Labute approximate surface area is 144 Å². The van der Waals surface area contributed by atoms with Crippen LogP contribution in [0.25, 0.3) is 28.2 Å². The zero-order chi connectivity index (χ0) is 17.1. The quantitative estimate of drug-likeness (QED) is 0.579. The van der Waals surface area contributed by atoms with Crippen molar-refractivity contribution in [3.63, 3.8) is 0 Å². The van der Waals surface area contributed by atoms with Gasteiger partial charge in [0.15, 0.2) is 0 Å². The summed E-state index contributed by atoms with van der Waals surface area (Å²) < 4.78 is 1.63. The van der Waals surface area contributed by atoms with Gasteiger partial charge in [-0.1, -0.05) is 24.3 Å². The van der Waals surface area contributed by atoms with Gasteiger partial charge >= 0.3 is 0 Å². The minimum atomic E-state index is -0.135. The number of rotatable bonds is 3. The average molecular weight is 326 g/mol. The fourth-order valence-corrected chi connectivity index (χ4v) is 2.67. The molecule has 1 aromatic carbocycles. The lowest BCUT2D eigenvalue weighted by atomic mass is 10.1. The Kier molecular flexibility index (Phi) is 3.88. The zero-order valence-corrected chi connectivity index (χ0v) is 13.3. The third-order valence-electron chi connectivity index (χ3n) is 3.87. The van der Waals surface area contributed by atoms with Crippen molar-refractivity contribution in [2.75, 3.05) is 0 Å². The van der Waals surface area contributed by atoms with Gasteiger partial charge in [-0.15, -0.1) is 0 Å². The Balaban J connectivity index is 2.00. The molecular weight excluding hydrogens is 312 g/mol. The van der Waals surface area contributed by atoms with Crippen molar-refractivity contribution < 1.29 is 0 Å². The van der Waals surface area contributed by atoms with Crippen LogP contribution in [0.4, 0.5) is 0 Å². The fourth-order valence-electron chi connectivity index (χ4n) is 2.67. The van der Waals surface area contributed by atoms with Crippen LogP contribution in [-0.2, 0) is 0 Å². The first-order valence-electron chi connectivity index (χ1n) is 7.83. The normalized spacial score (nSPS) is 10.6. The second kappa shape index (κ2) is 6.49. The van der Waals surface area contributed by atoms with Crippen LogP contribution in [0.1, 0.15) is 0 Å². The Morgan fingerprint density at radius 2 is 1.64 bits per heavy atom. The van der Waals surface area contributed by atoms with Gasteiger partial charge in [-0.2, -0.15) is 0 Å². The maximum atomic E-state index is 13.0. The molecule has 0 aliphatic heterocycles. The molecule has 120 valence electrons. The Morgan fingerprint density at radius 3 is 2.36 bits per heavy atom. The second-order valence-corrected chi connectivity index (χ2v) is 5.46. The number of nitrogens with zero attached hydrogens (tertiary/aromatic N) is 4. The third-order valence-corrected chi connectivity index (χ3v) is 3.87. The number of hydrogen-bond acceptors (Lipinski definition) is 4. The van der Waals surface area contributed by atoms with Crippen LogP contribution in [0.5, 0.6) is 0 Å². The molecule has 5 nitrogen and oxygen atoms in total. The molecule has 0 aliphatic carbocycles. The van der Waals surface area contributed by atoms with Crippen molar-refractivity contribution in [2.24, 2.45) is 0 Å². The van der Waals surface area contributed by atoms with E-state index in [1.807, 2.05) is 60.8 Å². The van der Waals surface area contributed by atoms with E-state index in [1.54, 1.807) is 23.0 Å². The van der Waals surface area contributed by atoms with Gasteiger partial charge in [0.1, 0.15) is 6.33 Å². The molecule has 3 aromatic heterocycles. The predicted octanol–water partition coefficient (Wildman–Crippen LogP) is 3.36. The summed E-state index contributed by atoms with van der Waals surface area (Å²) >= 11 is 0. The molecular formula is C20H14N4O. The first kappa shape index (κ1) is 15.0. The van der Waals surface area contributed by atoms with Gasteiger partial charge < -0.3 is 0 Å². The van der Waals surface area contributed by atoms with Gasteiger partial charge in [0.05, 0.1) is 17.0 Å². The van der Waals surface area contributed by atoms with Crippen molar-refractivity contribution >= 4 is 0 Å². The predicted molar refractivity (Wildman–Crippen MR) is 96.3 cm³/mol. The van der Waals surface area contributed by atoms with E-state index in [0.717, 1.165) is 16.9 Å². The molecule has 0 unspecified atom stereocenters. The first-order valence-corrected chi connectivity index (χ1v) is 7.83. The molecule has 3 heterocycles. The zero-order valence-electron chi connectivity index (χ0n) is 13.3. The summed E-state index contributed by atoms with van der Waals surface area (Å²) in [7, 11) is 0. The van der Waals surface area contributed by atoms with Crippen molar-refractivity contribution in [2.45, 2.75) is 0 Å². The molecule has 0 saturated heterocycles. The minimum absolute atomic E-state index is 0.135. The highest BCUT2D eigenvalue weighted by atomic mass is 16.1. The first-order chi connectivity index (χ1) is 12.3. The lowest BCUT2D eigenvalue weighted by Gasteiger charge is -2.11. The van der Waals surface area contributed by atoms with E-state index in [-0.39, 0.29) is 5.56 Å². The van der Waals surface area contributed by atoms with Gasteiger partial charge in [0.25, 0.3) is 5.56 Å². The Hall–Kier alpha value is -3.60. The van der Waals surface area contributed by atoms with Crippen LogP contribution in [0, 0.1) is 0 Å². The third kappa shape index (κ3) is 2.95. The lowest BCUT2D eigenvalue weighted by molar-refractivity contribution is 0.989. The molecule has 0 bridgehead atoms. The van der Waals surface area contributed by atoms with Crippen molar-refractivity contribution in [1.82, 2.24) is 19.5 Å². The number of hydrogen-bond donors (Lipinski definition) is 0. The number of benzene rings is 1. The summed E-state index contributed by atoms with van der Waals surface area (Å²) in [6.45, 7) is 0. The summed E-state index contributed by atoms with van der Waals surface area (Å²) in [4.78, 5) is 25.6. The van der Waals surface area contributed by atoms with E-state index in [9.17, 15) is 4.79 Å². The van der Waals surface area contributed by atoms with Gasteiger partial charge in [0.2, 0.25) is 0 Å². The molecule has 0 amide bonds. The molecule has 4 aromatic rings. The van der Waals surface area contributed by atoms with Crippen molar-refractivity contribution in [1.29, 1.82) is 0 Å². The van der Waals surface area contributed by atoms with E-state index in [0.29, 0.717) is 11.3 Å². The monoisotopic (exact) mass is 326 g/mol. The van der Waals surface area contributed by atoms with Gasteiger partial charge in [-0.3, -0.25) is 14.3 Å². The Bertz CT molecular complexity index is 982. The molecule has 0 atom stereocenters. The van der Waals surface area contributed by atoms with Crippen molar-refractivity contribution in [3.05, 3.63) is 95.9 Å². The molecule has 0 aliphatic rings. The smallest absolute Gasteiger partial charge is 0.264 e. The summed E-state index contributed by atoms with van der Waals surface area (Å²) in [5.74, 6) is 0. The molecule has 4 rings (SSSR count). The van der Waals surface area contributed by atoms with Crippen LogP contribution < -0.4 is 5.56 Å². The lowest BCUT2D eigenvalue weighted by Crippen LogP contribution is -2.20. The van der Waals surface area contributed by atoms with E-state index in [2.05, 4.69) is 15.0 Å². The molecule has 0 spiro atoms. The molecule has 0 saturated carbocycles. The molecule has 5 heteroatoms. The molecule has 0 radical (unpaired) electrons. The van der Waals surface area contributed by atoms with E-state index in [4.69, 9.17) is 0 Å². The summed E-state index contributed by atoms with van der Waals surface area (Å²) in [6, 6.07) is 18.8. The standard InChI is InChI=1S/C20H14N4O/c25-20-17(19-9-11-21-14-23-19)12-15(18-8-4-5-10-22-18)13-24(20)16-6-2-1-3-7-16/h1-14H. The van der Waals surface area contributed by atoms with E-state index >= 15 is 0 Å². The largest absolute Gasteiger partial charge is 0.283 e. The highest BCUT2D eigenvalue weighted by Gasteiger charge is 2.12. The maximum Gasteiger partial charge on any atom is 0.264 e. The van der Waals surface area contributed by atoms with Crippen LogP contribution >= 0.6 is 0 Å². The SMILES string of the molecule is O=c1c(-c2ccncn2)cc(-c2ccccn2)cn1-c1ccccc1. The number of aromatic nitrogens is 4. The van der Waals surface area contributed by atoms with E-state index < -0.39 is 0 Å². The van der Waals surface area contributed by atoms with Crippen LogP contribution in [0.15, 0.2) is 90.4 Å². The van der Waals surface area contributed by atoms with Crippen molar-refractivity contribution in [3.8, 4) is 28.2 Å². The number of pyridine rings is 2. The molecule has 25 heavy (non-hydrogen) atoms. The highest BCUT2D eigenvalue weighted by molar-refractivity contribution is 5.68. The topological polar surface area (TPSA) is 60.7 Å². The van der Waals surface area contributed by atoms with Gasteiger partial charge in [0, 0.05) is 29.8 Å². The maximum absolute atomic E-state index is 13.0. The highest BCUT2D eigenvalue weighted by Crippen LogP contribution is 2.22. The summed E-state index contributed by atoms with van der Waals surface area (Å²) in [5, 5.41) is 0. The molecule has 0 fully saturated rings. The van der Waals surface area contributed by atoms with Gasteiger partial charge in [-0.25, -0.2) is 9.97 Å². The van der Waals surface area contributed by atoms with Crippen LogP contribution in [-0.4, -0.2) is 19.5 Å². The van der Waals surface area contributed by atoms with Gasteiger partial charge in [-0.05, 0) is 36.4 Å². The minimum Gasteiger partial charge on any atom is -0.283 e. The van der Waals surface area contributed by atoms with Crippen LogP contribution in [0.3, 0.4) is 0 Å². The number of para-hydroxylation sites is 1. The molecule has 0 N–H and O–H groups in total. The van der Waals surface area contributed by atoms with Crippen LogP contribution in [0.2, 0.25) is 0 Å². The Morgan fingerprint density at radius 1 is 0.800 bits per heavy atom.